The van der Waals surface area contributed by atoms with E-state index >= 15 is 0 Å². The monoisotopic (exact) mass is 236 g/mol. The van der Waals surface area contributed by atoms with Gasteiger partial charge in [-0.25, -0.2) is 9.78 Å². The summed E-state index contributed by atoms with van der Waals surface area (Å²) in [6.45, 7) is 6.39. The molecule has 1 aromatic rings. The molecule has 2 rings (SSSR count). The fourth-order valence-electron chi connectivity index (χ4n) is 2.01. The average molecular weight is 236 g/mol. The highest BCUT2D eigenvalue weighted by Crippen LogP contribution is 2.26. The number of anilines is 1. The summed E-state index contributed by atoms with van der Waals surface area (Å²) in [7, 11) is 0. The van der Waals surface area contributed by atoms with E-state index in [0.717, 1.165) is 24.3 Å². The molecule has 0 amide bonds. The lowest BCUT2D eigenvalue weighted by molar-refractivity contribution is 0.0697. The van der Waals surface area contributed by atoms with Crippen LogP contribution >= 0.6 is 0 Å². The molecule has 2 heterocycles. The molecule has 1 aliphatic heterocycles. The Morgan fingerprint density at radius 2 is 2.18 bits per heavy atom. The van der Waals surface area contributed by atoms with E-state index in [1.807, 2.05) is 18.7 Å². The fraction of sp³-hybridized carbons (Fsp3) is 0.500. The largest absolute Gasteiger partial charge is 0.478 e. The Kier molecular flexibility index (Phi) is 3.28. The first-order valence-electron chi connectivity index (χ1n) is 5.76. The number of fused-ring (bicyclic) bond motifs is 1. The summed E-state index contributed by atoms with van der Waals surface area (Å²) in [4.78, 5) is 17.6. The number of aromatic nitrogens is 1. The molecule has 0 spiro atoms. The van der Waals surface area contributed by atoms with Crippen molar-refractivity contribution in [2.75, 3.05) is 18.0 Å². The highest BCUT2D eigenvalue weighted by Gasteiger charge is 2.22. The van der Waals surface area contributed by atoms with Crippen LogP contribution in [0.1, 0.15) is 35.5 Å². The van der Waals surface area contributed by atoms with Crippen LogP contribution in [0.2, 0.25) is 0 Å². The smallest absolute Gasteiger partial charge is 0.339 e. The van der Waals surface area contributed by atoms with Gasteiger partial charge in [0.25, 0.3) is 0 Å². The van der Waals surface area contributed by atoms with Gasteiger partial charge in [0.15, 0.2) is 0 Å². The van der Waals surface area contributed by atoms with Gasteiger partial charge in [-0.15, -0.1) is 0 Å². The minimum Gasteiger partial charge on any atom is -0.478 e. The lowest BCUT2D eigenvalue weighted by Gasteiger charge is -2.22. The quantitative estimate of drug-likeness (QED) is 0.861. The molecule has 0 aliphatic carbocycles. The van der Waals surface area contributed by atoms with Crippen LogP contribution < -0.4 is 4.90 Å². The molecule has 1 aliphatic rings. The highest BCUT2D eigenvalue weighted by molar-refractivity contribution is 5.93. The number of rotatable bonds is 4. The molecular weight excluding hydrogens is 220 g/mol. The van der Waals surface area contributed by atoms with Crippen LogP contribution in [0.4, 0.5) is 5.82 Å². The van der Waals surface area contributed by atoms with Gasteiger partial charge in [-0.3, -0.25) is 0 Å². The second-order valence-electron chi connectivity index (χ2n) is 3.94. The molecule has 0 bridgehead atoms. The SMILES string of the molecule is CCN(CC)c1nc2c(cc1C(=O)O)COC2. The predicted molar refractivity (Wildman–Crippen MR) is 63.3 cm³/mol. The number of pyridine rings is 1. The molecule has 17 heavy (non-hydrogen) atoms. The van der Waals surface area contributed by atoms with E-state index in [4.69, 9.17) is 4.74 Å². The summed E-state index contributed by atoms with van der Waals surface area (Å²) in [5.74, 6) is -0.388. The van der Waals surface area contributed by atoms with Crippen molar-refractivity contribution in [3.8, 4) is 0 Å². The maximum Gasteiger partial charge on any atom is 0.339 e. The maximum absolute atomic E-state index is 11.3. The minimum absolute atomic E-state index is 0.262. The zero-order chi connectivity index (χ0) is 12.4. The zero-order valence-corrected chi connectivity index (χ0v) is 10.1. The average Bonchev–Trinajstić information content (AvgIpc) is 2.76. The maximum atomic E-state index is 11.3. The third-order valence-corrected chi connectivity index (χ3v) is 2.96. The fourth-order valence-corrected chi connectivity index (χ4v) is 2.01. The number of carbonyl (C=O) groups is 1. The molecule has 0 saturated heterocycles. The number of ether oxygens (including phenoxy) is 1. The van der Waals surface area contributed by atoms with Crippen LogP contribution in [0.5, 0.6) is 0 Å². The van der Waals surface area contributed by atoms with E-state index in [0.29, 0.717) is 19.0 Å². The first-order chi connectivity index (χ1) is 8.17. The second-order valence-corrected chi connectivity index (χ2v) is 3.94. The van der Waals surface area contributed by atoms with Crippen molar-refractivity contribution in [2.24, 2.45) is 0 Å². The first kappa shape index (κ1) is 11.9. The Morgan fingerprint density at radius 1 is 1.47 bits per heavy atom. The van der Waals surface area contributed by atoms with Crippen LogP contribution in [0.15, 0.2) is 6.07 Å². The van der Waals surface area contributed by atoms with Crippen molar-refractivity contribution in [3.05, 3.63) is 22.9 Å². The Hall–Kier alpha value is -1.62. The van der Waals surface area contributed by atoms with E-state index in [1.54, 1.807) is 6.07 Å². The van der Waals surface area contributed by atoms with Crippen molar-refractivity contribution >= 4 is 11.8 Å². The standard InChI is InChI=1S/C12H16N2O3/c1-3-14(4-2)11-9(12(15)16)5-8-6-17-7-10(8)13-11/h5H,3-4,6-7H2,1-2H3,(H,15,16). The number of carboxylic acid groups (broad SMARTS) is 1. The lowest BCUT2D eigenvalue weighted by atomic mass is 10.1. The normalized spacial score (nSPS) is 13.5. The summed E-state index contributed by atoms with van der Waals surface area (Å²) in [6.07, 6.45) is 0. The molecule has 1 aromatic heterocycles. The topological polar surface area (TPSA) is 62.7 Å². The number of aromatic carboxylic acids is 1. The summed E-state index contributed by atoms with van der Waals surface area (Å²) < 4.78 is 5.28. The van der Waals surface area contributed by atoms with Gasteiger partial charge in [-0.05, 0) is 19.9 Å². The van der Waals surface area contributed by atoms with Gasteiger partial charge < -0.3 is 14.7 Å². The molecule has 0 atom stereocenters. The van der Waals surface area contributed by atoms with Crippen LogP contribution in [0, 0.1) is 0 Å². The number of carboxylic acids is 1. The molecule has 0 fully saturated rings. The molecule has 5 nitrogen and oxygen atoms in total. The molecule has 5 heteroatoms. The predicted octanol–water partition coefficient (Wildman–Crippen LogP) is 1.66. The van der Waals surface area contributed by atoms with E-state index in [9.17, 15) is 9.90 Å². The Bertz CT molecular complexity index is 442. The lowest BCUT2D eigenvalue weighted by Crippen LogP contribution is -2.26. The molecule has 0 radical (unpaired) electrons. The first-order valence-corrected chi connectivity index (χ1v) is 5.76. The number of hydrogen-bond acceptors (Lipinski definition) is 4. The molecule has 1 N–H and O–H groups in total. The van der Waals surface area contributed by atoms with Crippen LogP contribution in [0.25, 0.3) is 0 Å². The van der Waals surface area contributed by atoms with Gasteiger partial charge in [-0.1, -0.05) is 0 Å². The van der Waals surface area contributed by atoms with Gasteiger partial charge in [0.05, 0.1) is 18.9 Å². The Morgan fingerprint density at radius 3 is 2.76 bits per heavy atom. The molecule has 92 valence electrons. The highest BCUT2D eigenvalue weighted by atomic mass is 16.5. The molecular formula is C12H16N2O3. The Labute approximate surface area is 100 Å². The third-order valence-electron chi connectivity index (χ3n) is 2.96. The second kappa shape index (κ2) is 4.71. The van der Waals surface area contributed by atoms with Gasteiger partial charge in [-0.2, -0.15) is 0 Å². The summed E-state index contributed by atoms with van der Waals surface area (Å²) >= 11 is 0. The van der Waals surface area contributed by atoms with Gasteiger partial charge in [0, 0.05) is 18.7 Å². The third kappa shape index (κ3) is 2.10. The van der Waals surface area contributed by atoms with Crippen LogP contribution in [0.3, 0.4) is 0 Å². The van der Waals surface area contributed by atoms with Crippen molar-refractivity contribution < 1.29 is 14.6 Å². The summed E-state index contributed by atoms with van der Waals surface area (Å²) in [5, 5.41) is 9.23. The molecule has 0 saturated carbocycles. The van der Waals surface area contributed by atoms with Crippen molar-refractivity contribution in [3.63, 3.8) is 0 Å². The van der Waals surface area contributed by atoms with Gasteiger partial charge in [0.2, 0.25) is 0 Å². The zero-order valence-electron chi connectivity index (χ0n) is 10.1. The van der Waals surface area contributed by atoms with Crippen molar-refractivity contribution in [1.29, 1.82) is 0 Å². The molecule has 0 aromatic carbocycles. The summed E-state index contributed by atoms with van der Waals surface area (Å²) in [5.41, 5.74) is 2.01. The summed E-state index contributed by atoms with van der Waals surface area (Å²) in [6, 6.07) is 1.69. The van der Waals surface area contributed by atoms with E-state index < -0.39 is 5.97 Å². The van der Waals surface area contributed by atoms with Crippen molar-refractivity contribution in [2.45, 2.75) is 27.1 Å². The van der Waals surface area contributed by atoms with Crippen LogP contribution in [-0.4, -0.2) is 29.1 Å². The number of nitrogens with zero attached hydrogens (tertiary/aromatic N) is 2. The Balaban J connectivity index is 2.51. The van der Waals surface area contributed by atoms with Gasteiger partial charge in [0.1, 0.15) is 11.4 Å². The van der Waals surface area contributed by atoms with E-state index in [1.165, 1.54) is 0 Å². The van der Waals surface area contributed by atoms with Gasteiger partial charge >= 0.3 is 5.97 Å². The minimum atomic E-state index is -0.936. The van der Waals surface area contributed by atoms with E-state index in [2.05, 4.69) is 4.98 Å². The number of hydrogen-bond donors (Lipinski definition) is 1. The molecule has 0 unspecified atom stereocenters. The van der Waals surface area contributed by atoms with E-state index in [-0.39, 0.29) is 5.56 Å². The van der Waals surface area contributed by atoms with Crippen molar-refractivity contribution in [1.82, 2.24) is 4.98 Å². The van der Waals surface area contributed by atoms with Crippen LogP contribution in [-0.2, 0) is 18.0 Å².